The molecule has 0 bridgehead atoms. The fourth-order valence-corrected chi connectivity index (χ4v) is 1.09. The lowest BCUT2D eigenvalue weighted by atomic mass is 10.4. The number of halogens is 1. The first kappa shape index (κ1) is 11.6. The van der Waals surface area contributed by atoms with E-state index in [1.54, 1.807) is 12.4 Å². The van der Waals surface area contributed by atoms with Crippen molar-refractivity contribution in [1.82, 2.24) is 10.4 Å². The summed E-state index contributed by atoms with van der Waals surface area (Å²) in [6, 6.07) is 3.76. The summed E-state index contributed by atoms with van der Waals surface area (Å²) < 4.78 is 1.58. The van der Waals surface area contributed by atoms with Crippen molar-refractivity contribution >= 4 is 50.4 Å². The molecule has 1 N–H and O–H groups in total. The van der Waals surface area contributed by atoms with Crippen molar-refractivity contribution in [3.63, 3.8) is 0 Å². The molecule has 0 aliphatic carbocycles. The van der Waals surface area contributed by atoms with Gasteiger partial charge in [-0.3, -0.25) is 10.4 Å². The Morgan fingerprint density at radius 2 is 2.50 bits per heavy atom. The summed E-state index contributed by atoms with van der Waals surface area (Å²) >= 11 is 9.64. The second-order valence-corrected chi connectivity index (χ2v) is 4.66. The highest BCUT2D eigenvalue weighted by atomic mass is 79.9. The van der Waals surface area contributed by atoms with E-state index < -0.39 is 0 Å². The minimum absolute atomic E-state index is 0.637. The number of aromatic nitrogens is 1. The fraction of sp³-hybridized carbons (Fsp3) is 0.125. The van der Waals surface area contributed by atoms with Crippen LogP contribution >= 0.6 is 39.9 Å². The van der Waals surface area contributed by atoms with Crippen LogP contribution in [0.2, 0.25) is 0 Å². The molecule has 14 heavy (non-hydrogen) atoms. The van der Waals surface area contributed by atoms with E-state index in [9.17, 15) is 0 Å². The van der Waals surface area contributed by atoms with Gasteiger partial charge >= 0.3 is 0 Å². The molecule has 1 rings (SSSR count). The number of pyridine rings is 1. The van der Waals surface area contributed by atoms with Crippen molar-refractivity contribution in [2.45, 2.75) is 0 Å². The molecule has 0 saturated heterocycles. The number of hydrazone groups is 1. The molecule has 3 nitrogen and oxygen atoms in total. The standard InChI is InChI=1S/C8H8BrN3S2/c1-14-8(13)12-11-5-7-3-2-6(9)4-10-7/h2-5H,1H3,(H,12,13)/b11-5+. The lowest BCUT2D eigenvalue weighted by Crippen LogP contribution is -2.10. The average molecular weight is 290 g/mol. The molecule has 0 aliphatic rings. The lowest BCUT2D eigenvalue weighted by molar-refractivity contribution is 1.07. The van der Waals surface area contributed by atoms with Crippen LogP contribution in [0.25, 0.3) is 0 Å². The number of rotatable bonds is 2. The van der Waals surface area contributed by atoms with E-state index in [-0.39, 0.29) is 0 Å². The van der Waals surface area contributed by atoms with Crippen LogP contribution in [0.4, 0.5) is 0 Å². The van der Waals surface area contributed by atoms with Gasteiger partial charge in [-0.15, -0.1) is 0 Å². The molecule has 0 spiro atoms. The van der Waals surface area contributed by atoms with Gasteiger partial charge < -0.3 is 0 Å². The van der Waals surface area contributed by atoms with Crippen LogP contribution in [0.5, 0.6) is 0 Å². The van der Waals surface area contributed by atoms with Gasteiger partial charge in [0.05, 0.1) is 11.9 Å². The zero-order valence-corrected chi connectivity index (χ0v) is 10.6. The summed E-state index contributed by atoms with van der Waals surface area (Å²) in [5.41, 5.74) is 3.49. The number of hydrogen-bond acceptors (Lipinski definition) is 4. The summed E-state index contributed by atoms with van der Waals surface area (Å²) in [6.07, 6.45) is 5.23. The topological polar surface area (TPSA) is 37.3 Å². The van der Waals surface area contributed by atoms with Crippen LogP contribution < -0.4 is 5.43 Å². The number of thioether (sulfide) groups is 1. The third-order valence-electron chi connectivity index (χ3n) is 1.29. The molecular formula is C8H8BrN3S2. The van der Waals surface area contributed by atoms with E-state index in [1.807, 2.05) is 18.4 Å². The molecule has 0 unspecified atom stereocenters. The third-order valence-corrected chi connectivity index (χ3v) is 2.81. The van der Waals surface area contributed by atoms with Gasteiger partial charge in [0.25, 0.3) is 0 Å². The maximum Gasteiger partial charge on any atom is 0.153 e. The van der Waals surface area contributed by atoms with Crippen molar-refractivity contribution in [1.29, 1.82) is 0 Å². The molecule has 1 heterocycles. The quantitative estimate of drug-likeness (QED) is 0.515. The maximum absolute atomic E-state index is 4.90. The Morgan fingerprint density at radius 3 is 3.07 bits per heavy atom. The van der Waals surface area contributed by atoms with Crippen molar-refractivity contribution < 1.29 is 0 Å². The van der Waals surface area contributed by atoms with E-state index >= 15 is 0 Å². The number of nitrogens with one attached hydrogen (secondary N) is 1. The minimum Gasteiger partial charge on any atom is -0.262 e. The second kappa shape index (κ2) is 6.10. The lowest BCUT2D eigenvalue weighted by Gasteiger charge is -1.96. The minimum atomic E-state index is 0.637. The summed E-state index contributed by atoms with van der Waals surface area (Å²) in [5, 5.41) is 3.93. The predicted molar refractivity (Wildman–Crippen MR) is 68.8 cm³/mol. The molecule has 0 saturated carbocycles. The smallest absolute Gasteiger partial charge is 0.153 e. The van der Waals surface area contributed by atoms with Gasteiger partial charge in [-0.25, -0.2) is 0 Å². The Hall–Kier alpha value is -0.460. The first-order valence-electron chi connectivity index (χ1n) is 3.71. The normalized spacial score (nSPS) is 10.4. The van der Waals surface area contributed by atoms with Gasteiger partial charge in [0, 0.05) is 10.7 Å². The highest BCUT2D eigenvalue weighted by Crippen LogP contribution is 2.05. The molecule has 1 aromatic heterocycles. The highest BCUT2D eigenvalue weighted by Gasteiger charge is 1.90. The summed E-state index contributed by atoms with van der Waals surface area (Å²) in [4.78, 5) is 4.11. The summed E-state index contributed by atoms with van der Waals surface area (Å²) in [6.45, 7) is 0. The van der Waals surface area contributed by atoms with Crippen LogP contribution in [-0.4, -0.2) is 21.8 Å². The predicted octanol–water partition coefficient (Wildman–Crippen LogP) is 2.42. The largest absolute Gasteiger partial charge is 0.262 e. The number of nitrogens with zero attached hydrogens (tertiary/aromatic N) is 2. The molecule has 0 aliphatic heterocycles. The van der Waals surface area contributed by atoms with Gasteiger partial charge in [-0.2, -0.15) is 5.10 Å². The molecular weight excluding hydrogens is 282 g/mol. The zero-order valence-electron chi connectivity index (χ0n) is 7.40. The molecule has 1 aromatic rings. The summed E-state index contributed by atoms with van der Waals surface area (Å²) in [5.74, 6) is 0. The van der Waals surface area contributed by atoms with Gasteiger partial charge in [0.1, 0.15) is 0 Å². The number of hydrogen-bond donors (Lipinski definition) is 1. The molecule has 0 radical (unpaired) electrons. The van der Waals surface area contributed by atoms with Crippen LogP contribution in [0, 0.1) is 0 Å². The van der Waals surface area contributed by atoms with Crippen molar-refractivity contribution in [3.05, 3.63) is 28.5 Å². The van der Waals surface area contributed by atoms with Gasteiger partial charge in [-0.05, 0) is 34.3 Å². The Bertz CT molecular complexity index is 337. The van der Waals surface area contributed by atoms with Crippen LogP contribution in [0.1, 0.15) is 5.69 Å². The van der Waals surface area contributed by atoms with Crippen LogP contribution in [0.3, 0.4) is 0 Å². The van der Waals surface area contributed by atoms with Crippen molar-refractivity contribution in [2.24, 2.45) is 5.10 Å². The van der Waals surface area contributed by atoms with Crippen molar-refractivity contribution in [3.8, 4) is 0 Å². The monoisotopic (exact) mass is 289 g/mol. The third kappa shape index (κ3) is 4.17. The van der Waals surface area contributed by atoms with Crippen LogP contribution in [0.15, 0.2) is 27.9 Å². The highest BCUT2D eigenvalue weighted by molar-refractivity contribution is 9.10. The Labute approximate surface area is 101 Å². The van der Waals surface area contributed by atoms with E-state index in [2.05, 4.69) is 31.4 Å². The molecule has 0 atom stereocenters. The molecule has 74 valence electrons. The second-order valence-electron chi connectivity index (χ2n) is 2.26. The zero-order chi connectivity index (χ0) is 10.4. The molecule has 0 aromatic carbocycles. The van der Waals surface area contributed by atoms with E-state index in [1.165, 1.54) is 11.8 Å². The van der Waals surface area contributed by atoms with Gasteiger partial charge in [0.2, 0.25) is 0 Å². The van der Waals surface area contributed by atoms with Crippen molar-refractivity contribution in [2.75, 3.05) is 6.26 Å². The van der Waals surface area contributed by atoms with E-state index in [4.69, 9.17) is 12.2 Å². The van der Waals surface area contributed by atoms with Crippen LogP contribution in [-0.2, 0) is 0 Å². The Kier molecular flexibility index (Phi) is 5.06. The Morgan fingerprint density at radius 1 is 1.71 bits per heavy atom. The Balaban J connectivity index is 2.52. The van der Waals surface area contributed by atoms with E-state index in [0.29, 0.717) is 4.32 Å². The molecule has 0 fully saturated rings. The SMILES string of the molecule is CSC(=S)N/N=C/c1ccc(Br)cn1. The first-order valence-corrected chi connectivity index (χ1v) is 6.13. The molecule has 0 amide bonds. The average Bonchev–Trinajstić information content (AvgIpc) is 2.21. The number of thiocarbonyl (C=S) groups is 1. The van der Waals surface area contributed by atoms with Gasteiger partial charge in [0.15, 0.2) is 4.32 Å². The molecule has 6 heteroatoms. The van der Waals surface area contributed by atoms with Gasteiger partial charge in [-0.1, -0.05) is 24.0 Å². The van der Waals surface area contributed by atoms with E-state index in [0.717, 1.165) is 10.2 Å². The fourth-order valence-electron chi connectivity index (χ4n) is 0.660. The summed E-state index contributed by atoms with van der Waals surface area (Å²) in [7, 11) is 0. The first-order chi connectivity index (χ1) is 6.72. The maximum atomic E-state index is 4.90.